The predicted molar refractivity (Wildman–Crippen MR) is 105 cm³/mol. The SMILES string of the molecule is CN(C)CCCNC(=O)c1nc(C(=O)Nc2cccc(F)c2)n2ccccc12. The summed E-state index contributed by atoms with van der Waals surface area (Å²) >= 11 is 0. The Hall–Kier alpha value is -3.26. The van der Waals surface area contributed by atoms with Crippen molar-refractivity contribution in [2.45, 2.75) is 6.42 Å². The Balaban J connectivity index is 1.82. The highest BCUT2D eigenvalue weighted by Gasteiger charge is 2.21. The van der Waals surface area contributed by atoms with Gasteiger partial charge in [-0.25, -0.2) is 9.37 Å². The van der Waals surface area contributed by atoms with Gasteiger partial charge < -0.3 is 15.5 Å². The maximum Gasteiger partial charge on any atom is 0.292 e. The number of carbonyl (C=O) groups excluding carboxylic acids is 2. The Morgan fingerprint density at radius 3 is 2.71 bits per heavy atom. The number of amides is 2. The number of fused-ring (bicyclic) bond motifs is 1. The fourth-order valence-corrected chi connectivity index (χ4v) is 2.80. The molecule has 2 amide bonds. The predicted octanol–water partition coefficient (Wildman–Crippen LogP) is 2.41. The van der Waals surface area contributed by atoms with E-state index in [0.717, 1.165) is 13.0 Å². The number of imidazole rings is 1. The van der Waals surface area contributed by atoms with Crippen molar-refractivity contribution in [3.63, 3.8) is 0 Å². The van der Waals surface area contributed by atoms with Gasteiger partial charge in [0.15, 0.2) is 5.69 Å². The molecular formula is C20H22FN5O2. The fourth-order valence-electron chi connectivity index (χ4n) is 2.80. The molecule has 8 heteroatoms. The molecule has 2 N–H and O–H groups in total. The van der Waals surface area contributed by atoms with Gasteiger partial charge in [0.2, 0.25) is 5.82 Å². The molecule has 0 saturated carbocycles. The van der Waals surface area contributed by atoms with Crippen molar-refractivity contribution in [2.24, 2.45) is 0 Å². The molecule has 1 aromatic carbocycles. The number of hydrogen-bond donors (Lipinski definition) is 2. The number of carbonyl (C=O) groups is 2. The van der Waals surface area contributed by atoms with Gasteiger partial charge >= 0.3 is 0 Å². The monoisotopic (exact) mass is 383 g/mol. The quantitative estimate of drug-likeness (QED) is 0.614. The van der Waals surface area contributed by atoms with Gasteiger partial charge in [-0.15, -0.1) is 0 Å². The average Bonchev–Trinajstić information content (AvgIpc) is 3.05. The van der Waals surface area contributed by atoms with Gasteiger partial charge in [0.05, 0.1) is 5.52 Å². The zero-order valence-electron chi connectivity index (χ0n) is 15.8. The Morgan fingerprint density at radius 2 is 1.96 bits per heavy atom. The molecule has 2 heterocycles. The summed E-state index contributed by atoms with van der Waals surface area (Å²) in [7, 11) is 3.93. The van der Waals surface area contributed by atoms with E-state index in [1.54, 1.807) is 34.9 Å². The number of nitrogens with zero attached hydrogens (tertiary/aromatic N) is 3. The molecular weight excluding hydrogens is 361 g/mol. The second-order valence-corrected chi connectivity index (χ2v) is 6.62. The molecule has 0 spiro atoms. The second kappa shape index (κ2) is 8.62. The second-order valence-electron chi connectivity index (χ2n) is 6.62. The minimum Gasteiger partial charge on any atom is -0.351 e. The maximum atomic E-state index is 13.4. The molecule has 0 fully saturated rings. The largest absolute Gasteiger partial charge is 0.351 e. The molecule has 0 bridgehead atoms. The number of aromatic nitrogens is 2. The lowest BCUT2D eigenvalue weighted by atomic mass is 10.3. The van der Waals surface area contributed by atoms with Crippen molar-refractivity contribution < 1.29 is 14.0 Å². The Bertz CT molecular complexity index is 999. The summed E-state index contributed by atoms with van der Waals surface area (Å²) in [6, 6.07) is 10.8. The van der Waals surface area contributed by atoms with E-state index in [9.17, 15) is 14.0 Å². The maximum absolute atomic E-state index is 13.4. The van der Waals surface area contributed by atoms with E-state index in [2.05, 4.69) is 15.6 Å². The van der Waals surface area contributed by atoms with Crippen LogP contribution < -0.4 is 10.6 Å². The fraction of sp³-hybridized carbons (Fsp3) is 0.250. The number of anilines is 1. The number of hydrogen-bond acceptors (Lipinski definition) is 4. The van der Waals surface area contributed by atoms with Crippen LogP contribution in [0, 0.1) is 5.82 Å². The standard InChI is InChI=1S/C20H22FN5O2/c1-25(2)11-6-10-22-19(27)17-16-9-3-4-12-26(16)18(24-17)20(28)23-15-8-5-7-14(21)13-15/h3-5,7-9,12-13H,6,10-11H2,1-2H3,(H,22,27)(H,23,28). The summed E-state index contributed by atoms with van der Waals surface area (Å²) in [6.07, 6.45) is 2.46. The number of nitrogens with one attached hydrogen (secondary N) is 2. The molecule has 0 aliphatic carbocycles. The number of benzene rings is 1. The highest BCUT2D eigenvalue weighted by Crippen LogP contribution is 2.16. The molecule has 0 radical (unpaired) electrons. The van der Waals surface area contributed by atoms with E-state index in [4.69, 9.17) is 0 Å². The molecule has 0 aliphatic rings. The Labute approximate surface area is 162 Å². The third-order valence-corrected chi connectivity index (χ3v) is 4.12. The molecule has 0 aliphatic heterocycles. The van der Waals surface area contributed by atoms with E-state index in [0.29, 0.717) is 17.7 Å². The van der Waals surface area contributed by atoms with Crippen LogP contribution in [0.15, 0.2) is 48.7 Å². The zero-order chi connectivity index (χ0) is 20.1. The highest BCUT2D eigenvalue weighted by atomic mass is 19.1. The lowest BCUT2D eigenvalue weighted by Crippen LogP contribution is -2.27. The Morgan fingerprint density at radius 1 is 1.14 bits per heavy atom. The molecule has 2 aromatic heterocycles. The highest BCUT2D eigenvalue weighted by molar-refractivity contribution is 6.06. The molecule has 3 rings (SSSR count). The van der Waals surface area contributed by atoms with E-state index in [1.165, 1.54) is 18.2 Å². The third-order valence-electron chi connectivity index (χ3n) is 4.12. The summed E-state index contributed by atoms with van der Waals surface area (Å²) in [5, 5.41) is 5.44. The van der Waals surface area contributed by atoms with Crippen LogP contribution in [0.5, 0.6) is 0 Å². The molecule has 7 nitrogen and oxygen atoms in total. The van der Waals surface area contributed by atoms with Crippen molar-refractivity contribution >= 4 is 23.0 Å². The van der Waals surface area contributed by atoms with Gasteiger partial charge in [0, 0.05) is 18.4 Å². The van der Waals surface area contributed by atoms with Crippen LogP contribution in [-0.4, -0.2) is 53.3 Å². The van der Waals surface area contributed by atoms with E-state index < -0.39 is 11.7 Å². The van der Waals surface area contributed by atoms with Crippen molar-refractivity contribution in [1.82, 2.24) is 19.6 Å². The normalized spacial score (nSPS) is 11.0. The smallest absolute Gasteiger partial charge is 0.292 e. The first-order valence-corrected chi connectivity index (χ1v) is 8.92. The average molecular weight is 383 g/mol. The molecule has 0 atom stereocenters. The van der Waals surface area contributed by atoms with Gasteiger partial charge in [0.25, 0.3) is 11.8 Å². The summed E-state index contributed by atoms with van der Waals surface area (Å²) < 4.78 is 14.9. The molecule has 146 valence electrons. The minimum absolute atomic E-state index is 0.0540. The van der Waals surface area contributed by atoms with Crippen molar-refractivity contribution in [3.05, 3.63) is 66.0 Å². The molecule has 28 heavy (non-hydrogen) atoms. The molecule has 0 unspecified atom stereocenters. The third kappa shape index (κ3) is 4.52. The number of pyridine rings is 1. The van der Waals surface area contributed by atoms with Gasteiger partial charge in [-0.2, -0.15) is 0 Å². The van der Waals surface area contributed by atoms with Gasteiger partial charge in [-0.05, 0) is 57.4 Å². The van der Waals surface area contributed by atoms with Crippen molar-refractivity contribution in [3.8, 4) is 0 Å². The van der Waals surface area contributed by atoms with Crippen LogP contribution in [0.1, 0.15) is 27.5 Å². The minimum atomic E-state index is -0.529. The van der Waals surface area contributed by atoms with Crippen LogP contribution >= 0.6 is 0 Å². The zero-order valence-corrected chi connectivity index (χ0v) is 15.8. The first-order valence-electron chi connectivity index (χ1n) is 8.92. The van der Waals surface area contributed by atoms with Gasteiger partial charge in [0.1, 0.15) is 5.82 Å². The van der Waals surface area contributed by atoms with Crippen molar-refractivity contribution in [1.29, 1.82) is 0 Å². The summed E-state index contributed by atoms with van der Waals surface area (Å²) in [5.41, 5.74) is 1.01. The van der Waals surface area contributed by atoms with Crippen LogP contribution in [0.3, 0.4) is 0 Å². The van der Waals surface area contributed by atoms with Crippen LogP contribution in [0.4, 0.5) is 10.1 Å². The van der Waals surface area contributed by atoms with E-state index in [1.807, 2.05) is 19.0 Å². The van der Waals surface area contributed by atoms with E-state index in [-0.39, 0.29) is 17.4 Å². The number of rotatable bonds is 7. The number of halogens is 1. The molecule has 3 aromatic rings. The Kier molecular flexibility index (Phi) is 6.00. The van der Waals surface area contributed by atoms with Gasteiger partial charge in [-0.3, -0.25) is 14.0 Å². The first-order chi connectivity index (χ1) is 13.5. The summed E-state index contributed by atoms with van der Waals surface area (Å²) in [5.74, 6) is -1.27. The first kappa shape index (κ1) is 19.5. The lowest BCUT2D eigenvalue weighted by molar-refractivity contribution is 0.0949. The summed E-state index contributed by atoms with van der Waals surface area (Å²) in [6.45, 7) is 1.36. The van der Waals surface area contributed by atoms with Crippen LogP contribution in [0.2, 0.25) is 0 Å². The van der Waals surface area contributed by atoms with E-state index >= 15 is 0 Å². The van der Waals surface area contributed by atoms with Crippen LogP contribution in [-0.2, 0) is 0 Å². The van der Waals surface area contributed by atoms with Crippen LogP contribution in [0.25, 0.3) is 5.52 Å². The lowest BCUT2D eigenvalue weighted by Gasteiger charge is -2.09. The topological polar surface area (TPSA) is 78.7 Å². The molecule has 0 saturated heterocycles. The van der Waals surface area contributed by atoms with Gasteiger partial charge in [-0.1, -0.05) is 12.1 Å². The summed E-state index contributed by atoms with van der Waals surface area (Å²) in [4.78, 5) is 31.5. The van der Waals surface area contributed by atoms with Crippen molar-refractivity contribution in [2.75, 3.05) is 32.5 Å².